The van der Waals surface area contributed by atoms with Crippen molar-refractivity contribution in [3.8, 4) is 5.75 Å². The van der Waals surface area contributed by atoms with Crippen LogP contribution in [0.2, 0.25) is 0 Å². The van der Waals surface area contributed by atoms with Gasteiger partial charge in [-0.05, 0) is 81.1 Å². The van der Waals surface area contributed by atoms with E-state index >= 15 is 0 Å². The van der Waals surface area contributed by atoms with Crippen LogP contribution in [-0.4, -0.2) is 54.7 Å². The lowest BCUT2D eigenvalue weighted by molar-refractivity contribution is -0.137. The summed E-state index contributed by atoms with van der Waals surface area (Å²) in [6.45, 7) is 6.25. The molecule has 1 heterocycles. The van der Waals surface area contributed by atoms with E-state index in [1.807, 2.05) is 50.2 Å². The Morgan fingerprint density at radius 2 is 1.78 bits per heavy atom. The number of methoxy groups -OCH3 is 1. The quantitative estimate of drug-likeness (QED) is 0.345. The highest BCUT2D eigenvalue weighted by molar-refractivity contribution is 6.01. The average molecular weight is 511 g/mol. The van der Waals surface area contributed by atoms with E-state index in [0.717, 1.165) is 49.3 Å². The molecule has 9 nitrogen and oxygen atoms in total. The minimum atomic E-state index is -0.767. The summed E-state index contributed by atoms with van der Waals surface area (Å²) in [6.07, 6.45) is 2.99. The average Bonchev–Trinajstić information content (AvgIpc) is 2.89. The summed E-state index contributed by atoms with van der Waals surface area (Å²) in [5.74, 6) is -0.0391. The minimum Gasteiger partial charge on any atom is -0.495 e. The van der Waals surface area contributed by atoms with Crippen molar-refractivity contribution in [2.45, 2.75) is 52.0 Å². The Hall–Kier alpha value is -3.59. The maximum absolute atomic E-state index is 12.6. The number of carbonyl (C=O) groups is 3. The maximum Gasteiger partial charge on any atom is 0.323 e. The zero-order valence-corrected chi connectivity index (χ0v) is 21.9. The summed E-state index contributed by atoms with van der Waals surface area (Å²) in [5.41, 5.74) is 3.15. The minimum absolute atomic E-state index is 0.0207. The van der Waals surface area contributed by atoms with E-state index < -0.39 is 5.97 Å². The fraction of sp³-hybridized carbons (Fsp3) is 0.464. The van der Waals surface area contributed by atoms with Gasteiger partial charge in [0.25, 0.3) is 0 Å². The highest BCUT2D eigenvalue weighted by atomic mass is 16.5. The molecule has 2 aromatic rings. The number of aliphatic carboxylic acids is 1. The number of ether oxygens (including phenoxy) is 1. The molecule has 3 rings (SSSR count). The van der Waals surface area contributed by atoms with Crippen LogP contribution in [0.25, 0.3) is 0 Å². The summed E-state index contributed by atoms with van der Waals surface area (Å²) in [7, 11) is 1.55. The van der Waals surface area contributed by atoms with Crippen LogP contribution in [-0.2, 0) is 9.59 Å². The number of nitrogens with zero attached hydrogens (tertiary/aromatic N) is 1. The number of urea groups is 1. The van der Waals surface area contributed by atoms with Crippen molar-refractivity contribution in [1.29, 1.82) is 0 Å². The van der Waals surface area contributed by atoms with E-state index in [4.69, 9.17) is 9.84 Å². The summed E-state index contributed by atoms with van der Waals surface area (Å²) < 4.78 is 5.60. The van der Waals surface area contributed by atoms with Crippen molar-refractivity contribution in [3.63, 3.8) is 0 Å². The third-order valence-corrected chi connectivity index (χ3v) is 6.83. The van der Waals surface area contributed by atoms with E-state index in [-0.39, 0.29) is 30.3 Å². The maximum atomic E-state index is 12.6. The SMILES string of the molecule is CCC(=O)NC(c1ccc(NC(=O)Nc2ccccc2C)c(OC)c1)C1CCN(CCCC(=O)O)CC1. The highest BCUT2D eigenvalue weighted by Gasteiger charge is 2.29. The molecular formula is C28H38N4O5. The molecule has 3 amide bonds. The number of piperidine rings is 1. The van der Waals surface area contributed by atoms with Gasteiger partial charge in [-0.3, -0.25) is 9.59 Å². The van der Waals surface area contributed by atoms with Gasteiger partial charge in [0.2, 0.25) is 5.91 Å². The standard InChI is InChI=1S/C28H38N4O5/c1-4-25(33)31-27(20-13-16-32(17-14-20)15-7-10-26(34)35)21-11-12-23(24(18-21)37-3)30-28(36)29-22-9-6-5-8-19(22)2/h5-6,8-9,11-12,18,20,27H,4,7,10,13-17H2,1-3H3,(H,31,33)(H,34,35)(H2,29,30,36). The first kappa shape index (κ1) is 28.0. The van der Waals surface area contributed by atoms with Gasteiger partial charge >= 0.3 is 12.0 Å². The van der Waals surface area contributed by atoms with E-state index in [0.29, 0.717) is 24.3 Å². The van der Waals surface area contributed by atoms with Gasteiger partial charge in [-0.25, -0.2) is 4.79 Å². The van der Waals surface area contributed by atoms with Crippen molar-refractivity contribution in [1.82, 2.24) is 10.2 Å². The lowest BCUT2D eigenvalue weighted by Crippen LogP contribution is -2.41. The predicted molar refractivity (Wildman–Crippen MR) is 144 cm³/mol. The molecule has 200 valence electrons. The molecule has 0 aliphatic carbocycles. The van der Waals surface area contributed by atoms with Crippen LogP contribution in [0.15, 0.2) is 42.5 Å². The molecule has 1 aliphatic heterocycles. The van der Waals surface area contributed by atoms with Gasteiger partial charge in [-0.2, -0.15) is 0 Å². The molecule has 4 N–H and O–H groups in total. The second-order valence-electron chi connectivity index (χ2n) is 9.43. The Balaban J connectivity index is 1.70. The van der Waals surface area contributed by atoms with Crippen molar-refractivity contribution >= 4 is 29.3 Å². The molecule has 0 radical (unpaired) electrons. The number of rotatable bonds is 11. The highest BCUT2D eigenvalue weighted by Crippen LogP contribution is 2.35. The number of likely N-dealkylation sites (tertiary alicyclic amines) is 1. The van der Waals surface area contributed by atoms with Gasteiger partial charge < -0.3 is 30.7 Å². The number of carboxylic acids is 1. The first-order valence-corrected chi connectivity index (χ1v) is 12.9. The van der Waals surface area contributed by atoms with Crippen LogP contribution >= 0.6 is 0 Å². The van der Waals surface area contributed by atoms with Gasteiger partial charge in [-0.1, -0.05) is 31.2 Å². The molecule has 9 heteroatoms. The molecule has 1 aliphatic rings. The Kier molecular flexibility index (Phi) is 10.3. The third-order valence-electron chi connectivity index (χ3n) is 6.83. The molecule has 1 unspecified atom stereocenters. The number of nitrogens with one attached hydrogen (secondary N) is 3. The normalized spacial score (nSPS) is 15.0. The van der Waals surface area contributed by atoms with Crippen molar-refractivity contribution in [3.05, 3.63) is 53.6 Å². The van der Waals surface area contributed by atoms with Crippen LogP contribution < -0.4 is 20.7 Å². The van der Waals surface area contributed by atoms with E-state index in [1.165, 1.54) is 0 Å². The van der Waals surface area contributed by atoms with Gasteiger partial charge in [0.15, 0.2) is 0 Å². The summed E-state index contributed by atoms with van der Waals surface area (Å²) in [5, 5.41) is 17.8. The summed E-state index contributed by atoms with van der Waals surface area (Å²) in [4.78, 5) is 38.1. The fourth-order valence-electron chi connectivity index (χ4n) is 4.71. The Morgan fingerprint density at radius 3 is 2.43 bits per heavy atom. The largest absolute Gasteiger partial charge is 0.495 e. The lowest BCUT2D eigenvalue weighted by atomic mass is 9.85. The molecule has 2 aromatic carbocycles. The number of benzene rings is 2. The summed E-state index contributed by atoms with van der Waals surface area (Å²) in [6, 6.07) is 12.6. The topological polar surface area (TPSA) is 120 Å². The van der Waals surface area contributed by atoms with E-state index in [1.54, 1.807) is 13.2 Å². The molecule has 1 saturated heterocycles. The van der Waals surface area contributed by atoms with Crippen LogP contribution in [0, 0.1) is 12.8 Å². The number of anilines is 2. The van der Waals surface area contributed by atoms with Crippen LogP contribution in [0.5, 0.6) is 5.75 Å². The number of aryl methyl sites for hydroxylation is 1. The van der Waals surface area contributed by atoms with Gasteiger partial charge in [-0.15, -0.1) is 0 Å². The van der Waals surface area contributed by atoms with E-state index in [9.17, 15) is 14.4 Å². The van der Waals surface area contributed by atoms with Gasteiger partial charge in [0.05, 0.1) is 18.8 Å². The van der Waals surface area contributed by atoms with Crippen molar-refractivity contribution < 1.29 is 24.2 Å². The first-order valence-electron chi connectivity index (χ1n) is 12.9. The molecule has 37 heavy (non-hydrogen) atoms. The Labute approximate surface area is 218 Å². The van der Waals surface area contributed by atoms with Crippen LogP contribution in [0.4, 0.5) is 16.2 Å². The molecule has 1 fully saturated rings. The molecule has 0 bridgehead atoms. The molecule has 0 saturated carbocycles. The zero-order chi connectivity index (χ0) is 26.8. The van der Waals surface area contributed by atoms with Gasteiger partial charge in [0, 0.05) is 18.5 Å². The monoisotopic (exact) mass is 510 g/mol. The van der Waals surface area contributed by atoms with Crippen molar-refractivity contribution in [2.75, 3.05) is 37.4 Å². The van der Waals surface area contributed by atoms with Crippen LogP contribution in [0.3, 0.4) is 0 Å². The second kappa shape index (κ2) is 13.6. The predicted octanol–water partition coefficient (Wildman–Crippen LogP) is 4.79. The Bertz CT molecular complexity index is 1080. The number of hydrogen-bond donors (Lipinski definition) is 4. The number of para-hydroxylation sites is 1. The number of hydrogen-bond acceptors (Lipinski definition) is 5. The first-order chi connectivity index (χ1) is 17.8. The number of carbonyl (C=O) groups excluding carboxylic acids is 2. The molecule has 0 spiro atoms. The Morgan fingerprint density at radius 1 is 1.08 bits per heavy atom. The lowest BCUT2D eigenvalue weighted by Gasteiger charge is -2.36. The second-order valence-corrected chi connectivity index (χ2v) is 9.43. The zero-order valence-electron chi connectivity index (χ0n) is 21.9. The number of amides is 3. The van der Waals surface area contributed by atoms with Crippen LogP contribution in [0.1, 0.15) is 56.2 Å². The summed E-state index contributed by atoms with van der Waals surface area (Å²) >= 11 is 0. The third kappa shape index (κ3) is 8.21. The molecule has 1 atom stereocenters. The number of carboxylic acid groups (broad SMARTS) is 1. The molecular weight excluding hydrogens is 472 g/mol. The van der Waals surface area contributed by atoms with Crippen molar-refractivity contribution in [2.24, 2.45) is 5.92 Å². The van der Waals surface area contributed by atoms with Gasteiger partial charge in [0.1, 0.15) is 5.75 Å². The fourth-order valence-corrected chi connectivity index (χ4v) is 4.71. The smallest absolute Gasteiger partial charge is 0.323 e. The molecule has 0 aromatic heterocycles. The van der Waals surface area contributed by atoms with E-state index in [2.05, 4.69) is 20.9 Å².